The molecule has 6 nitrogen and oxygen atoms in total. The summed E-state index contributed by atoms with van der Waals surface area (Å²) in [5.41, 5.74) is 1.36. The average Bonchev–Trinajstić information content (AvgIpc) is 3.07. The van der Waals surface area contributed by atoms with Gasteiger partial charge in [0.1, 0.15) is 0 Å². The van der Waals surface area contributed by atoms with Crippen LogP contribution in [-0.4, -0.2) is 31.9 Å². The average molecular weight is 394 g/mol. The summed E-state index contributed by atoms with van der Waals surface area (Å²) in [6.45, 7) is 0. The fraction of sp³-hybridized carbons (Fsp3) is 0.125. The van der Waals surface area contributed by atoms with Gasteiger partial charge in [0.05, 0.1) is 16.4 Å². The molecule has 0 fully saturated rings. The van der Waals surface area contributed by atoms with Crippen molar-refractivity contribution in [2.45, 2.75) is 11.6 Å². The Kier molecular flexibility index (Phi) is 5.91. The number of hydrogen-bond donors (Lipinski definition) is 1. The zero-order chi connectivity index (χ0) is 17.6. The molecule has 3 rings (SSSR count). The van der Waals surface area contributed by atoms with E-state index in [0.717, 1.165) is 5.69 Å². The van der Waals surface area contributed by atoms with Gasteiger partial charge in [0.15, 0.2) is 0 Å². The Hall–Kier alpha value is -2.09. The van der Waals surface area contributed by atoms with Gasteiger partial charge < -0.3 is 5.32 Å². The molecule has 0 spiro atoms. The molecule has 2 aromatic carbocycles. The first kappa shape index (κ1) is 17.7. The lowest BCUT2D eigenvalue weighted by Crippen LogP contribution is -2.12. The van der Waals surface area contributed by atoms with E-state index in [2.05, 4.69) is 20.8 Å². The molecule has 9 heteroatoms. The second-order valence-electron chi connectivity index (χ2n) is 4.98. The summed E-state index contributed by atoms with van der Waals surface area (Å²) in [5.74, 6) is 0.368. The Balaban J connectivity index is 1.56. The maximum Gasteiger partial charge on any atom is 0.225 e. The van der Waals surface area contributed by atoms with Crippen molar-refractivity contribution in [1.29, 1.82) is 0 Å². The van der Waals surface area contributed by atoms with Crippen molar-refractivity contribution in [2.24, 2.45) is 0 Å². The van der Waals surface area contributed by atoms with Crippen molar-refractivity contribution in [3.8, 4) is 5.69 Å². The molecule has 0 saturated heterocycles. The van der Waals surface area contributed by atoms with Gasteiger partial charge in [-0.1, -0.05) is 53.2 Å². The number of benzene rings is 2. The zero-order valence-electron chi connectivity index (χ0n) is 12.9. The molecule has 0 atom stereocenters. The number of para-hydroxylation sites is 1. The van der Waals surface area contributed by atoms with E-state index in [4.69, 9.17) is 23.2 Å². The summed E-state index contributed by atoms with van der Waals surface area (Å²) in [6, 6.07) is 14.5. The van der Waals surface area contributed by atoms with Gasteiger partial charge in [-0.2, -0.15) is 4.68 Å². The fourth-order valence-electron chi connectivity index (χ4n) is 2.04. The number of thioether (sulfide) groups is 1. The van der Waals surface area contributed by atoms with Gasteiger partial charge >= 0.3 is 0 Å². The zero-order valence-corrected chi connectivity index (χ0v) is 15.2. The number of nitrogens with zero attached hydrogens (tertiary/aromatic N) is 4. The third-order valence-corrected chi connectivity index (χ3v) is 4.69. The third kappa shape index (κ3) is 4.72. The van der Waals surface area contributed by atoms with Gasteiger partial charge in [0.25, 0.3) is 0 Å². The predicted molar refractivity (Wildman–Crippen MR) is 99.6 cm³/mol. The van der Waals surface area contributed by atoms with Gasteiger partial charge in [-0.15, -0.1) is 5.10 Å². The largest absolute Gasteiger partial charge is 0.325 e. The molecule has 1 amide bonds. The second-order valence-corrected chi connectivity index (χ2v) is 6.89. The molecule has 3 aromatic rings. The highest BCUT2D eigenvalue weighted by Crippen LogP contribution is 2.26. The maximum atomic E-state index is 12.1. The monoisotopic (exact) mass is 393 g/mol. The molecule has 1 aromatic heterocycles. The summed E-state index contributed by atoms with van der Waals surface area (Å²) < 4.78 is 1.64. The van der Waals surface area contributed by atoms with E-state index >= 15 is 0 Å². The molecular formula is C16H13Cl2N5OS. The minimum absolute atomic E-state index is 0.157. The smallest absolute Gasteiger partial charge is 0.225 e. The third-order valence-electron chi connectivity index (χ3n) is 3.20. The fourth-order valence-corrected chi connectivity index (χ4v) is 3.21. The van der Waals surface area contributed by atoms with Crippen LogP contribution >= 0.6 is 35.0 Å². The maximum absolute atomic E-state index is 12.1. The van der Waals surface area contributed by atoms with Gasteiger partial charge in [-0.3, -0.25) is 4.79 Å². The van der Waals surface area contributed by atoms with Crippen LogP contribution in [0.2, 0.25) is 10.0 Å². The first-order chi connectivity index (χ1) is 12.1. The molecule has 0 aliphatic rings. The van der Waals surface area contributed by atoms with E-state index in [1.807, 2.05) is 30.3 Å². The summed E-state index contributed by atoms with van der Waals surface area (Å²) in [4.78, 5) is 12.1. The van der Waals surface area contributed by atoms with Crippen molar-refractivity contribution in [2.75, 3.05) is 11.1 Å². The number of anilines is 1. The van der Waals surface area contributed by atoms with Crippen LogP contribution in [0.15, 0.2) is 53.7 Å². The highest BCUT2D eigenvalue weighted by molar-refractivity contribution is 7.99. The van der Waals surface area contributed by atoms with Crippen LogP contribution < -0.4 is 5.32 Å². The predicted octanol–water partition coefficient (Wildman–Crippen LogP) is 4.09. The summed E-state index contributed by atoms with van der Waals surface area (Å²) in [7, 11) is 0. The summed E-state index contributed by atoms with van der Waals surface area (Å²) in [6.07, 6.45) is 0.287. The van der Waals surface area contributed by atoms with Crippen LogP contribution in [0.25, 0.3) is 5.69 Å². The number of nitrogens with one attached hydrogen (secondary N) is 1. The van der Waals surface area contributed by atoms with Crippen molar-refractivity contribution in [3.63, 3.8) is 0 Å². The minimum atomic E-state index is -0.157. The molecule has 128 valence electrons. The van der Waals surface area contributed by atoms with Crippen molar-refractivity contribution in [3.05, 3.63) is 58.6 Å². The normalized spacial score (nSPS) is 10.6. The Morgan fingerprint density at radius 2 is 1.96 bits per heavy atom. The Bertz CT molecular complexity index is 872. The molecular weight excluding hydrogens is 381 g/mol. The molecule has 25 heavy (non-hydrogen) atoms. The standard InChI is InChI=1S/C16H13Cl2N5OS/c17-11-6-7-13(18)14(10-11)19-15(24)8-9-25-16-20-21-22-23(16)12-4-2-1-3-5-12/h1-7,10H,8-9H2,(H,19,24). The quantitative estimate of drug-likeness (QED) is 0.638. The number of halogens is 2. The Morgan fingerprint density at radius 3 is 2.76 bits per heavy atom. The topological polar surface area (TPSA) is 72.7 Å². The molecule has 0 radical (unpaired) electrons. The van der Waals surface area contributed by atoms with E-state index in [-0.39, 0.29) is 12.3 Å². The first-order valence-electron chi connectivity index (χ1n) is 7.35. The number of hydrogen-bond acceptors (Lipinski definition) is 5. The summed E-state index contributed by atoms with van der Waals surface area (Å²) in [5, 5.41) is 16.0. The lowest BCUT2D eigenvalue weighted by atomic mass is 10.3. The number of aromatic nitrogens is 4. The van der Waals surface area contributed by atoms with Crippen molar-refractivity contribution < 1.29 is 4.79 Å². The van der Waals surface area contributed by atoms with E-state index in [9.17, 15) is 4.79 Å². The first-order valence-corrected chi connectivity index (χ1v) is 9.09. The van der Waals surface area contributed by atoms with Crippen molar-refractivity contribution >= 4 is 46.6 Å². The lowest BCUT2D eigenvalue weighted by Gasteiger charge is -2.07. The number of carbonyl (C=O) groups is 1. The van der Waals surface area contributed by atoms with Gasteiger partial charge in [-0.05, 0) is 40.8 Å². The van der Waals surface area contributed by atoms with E-state index in [1.54, 1.807) is 22.9 Å². The number of rotatable bonds is 6. The highest BCUT2D eigenvalue weighted by Gasteiger charge is 2.11. The molecule has 0 aliphatic carbocycles. The number of carbonyl (C=O) groups excluding carboxylic acids is 1. The second kappa shape index (κ2) is 8.33. The molecule has 1 heterocycles. The van der Waals surface area contributed by atoms with Crippen LogP contribution in [0.4, 0.5) is 5.69 Å². The minimum Gasteiger partial charge on any atom is -0.325 e. The van der Waals surface area contributed by atoms with Crippen LogP contribution in [0.5, 0.6) is 0 Å². The Morgan fingerprint density at radius 1 is 1.16 bits per heavy atom. The number of amides is 1. The van der Waals surface area contributed by atoms with Crippen molar-refractivity contribution in [1.82, 2.24) is 20.2 Å². The molecule has 0 aliphatic heterocycles. The highest BCUT2D eigenvalue weighted by atomic mass is 35.5. The summed E-state index contributed by atoms with van der Waals surface area (Å²) >= 11 is 13.3. The van der Waals surface area contributed by atoms with E-state index in [0.29, 0.717) is 26.6 Å². The van der Waals surface area contributed by atoms with E-state index < -0.39 is 0 Å². The van der Waals surface area contributed by atoms with Gasteiger partial charge in [-0.25, -0.2) is 0 Å². The van der Waals surface area contributed by atoms with Gasteiger partial charge in [0, 0.05) is 17.2 Å². The lowest BCUT2D eigenvalue weighted by molar-refractivity contribution is -0.115. The van der Waals surface area contributed by atoms with Crippen LogP contribution in [-0.2, 0) is 4.79 Å². The van der Waals surface area contributed by atoms with Crippen LogP contribution in [0.3, 0.4) is 0 Å². The van der Waals surface area contributed by atoms with Gasteiger partial charge in [0.2, 0.25) is 11.1 Å². The molecule has 1 N–H and O–H groups in total. The molecule has 0 bridgehead atoms. The van der Waals surface area contributed by atoms with E-state index in [1.165, 1.54) is 11.8 Å². The van der Waals surface area contributed by atoms with Crippen LogP contribution in [0.1, 0.15) is 6.42 Å². The molecule has 0 saturated carbocycles. The van der Waals surface area contributed by atoms with Crippen LogP contribution in [0, 0.1) is 0 Å². The SMILES string of the molecule is O=C(CCSc1nnnn1-c1ccccc1)Nc1cc(Cl)ccc1Cl. The number of tetrazole rings is 1. The molecule has 0 unspecified atom stereocenters. The Labute approximate surface area is 158 Å².